The van der Waals surface area contributed by atoms with Crippen LogP contribution in [0.25, 0.3) is 0 Å². The molecule has 2 rings (SSSR count). The number of hydrogen-bond acceptors (Lipinski definition) is 2. The van der Waals surface area contributed by atoms with Crippen LogP contribution in [0.3, 0.4) is 0 Å². The topological polar surface area (TPSA) is 40.5 Å². The van der Waals surface area contributed by atoms with Crippen LogP contribution in [0.5, 0.6) is 0 Å². The van der Waals surface area contributed by atoms with Gasteiger partial charge in [0.2, 0.25) is 0 Å². The van der Waals surface area contributed by atoms with Gasteiger partial charge in [-0.05, 0) is 81.0 Å². The molecule has 0 aromatic heterocycles. The molecule has 2 nitrogen and oxygen atoms in total. The van der Waals surface area contributed by atoms with Gasteiger partial charge in [-0.15, -0.1) is 0 Å². The summed E-state index contributed by atoms with van der Waals surface area (Å²) in [4.78, 5) is 0. The summed E-state index contributed by atoms with van der Waals surface area (Å²) < 4.78 is 0. The predicted molar refractivity (Wildman–Crippen MR) is 88.0 cm³/mol. The van der Waals surface area contributed by atoms with Crippen molar-refractivity contribution >= 4 is 0 Å². The lowest BCUT2D eigenvalue weighted by atomic mass is 9.58. The summed E-state index contributed by atoms with van der Waals surface area (Å²) in [5.41, 5.74) is -0.152. The zero-order valence-corrected chi connectivity index (χ0v) is 14.7. The molecule has 21 heavy (non-hydrogen) atoms. The average Bonchev–Trinajstić information content (AvgIpc) is 2.37. The lowest BCUT2D eigenvalue weighted by Gasteiger charge is -2.49. The Morgan fingerprint density at radius 3 is 2.05 bits per heavy atom. The highest BCUT2D eigenvalue weighted by atomic mass is 16.3. The predicted octanol–water partition coefficient (Wildman–Crippen LogP) is 4.39. The zero-order valence-electron chi connectivity index (χ0n) is 14.7. The molecule has 124 valence electrons. The number of hydrogen-bond donors (Lipinski definition) is 2. The van der Waals surface area contributed by atoms with Crippen molar-refractivity contribution in [2.45, 2.75) is 91.3 Å². The summed E-state index contributed by atoms with van der Waals surface area (Å²) in [6.45, 7) is 11.3. The Bertz CT molecular complexity index is 335. The molecule has 0 aromatic rings. The molecule has 0 amide bonds. The molecule has 0 saturated heterocycles. The fraction of sp³-hybridized carbons (Fsp3) is 1.00. The van der Waals surface area contributed by atoms with Crippen LogP contribution in [0.15, 0.2) is 0 Å². The Labute approximate surface area is 131 Å². The maximum absolute atomic E-state index is 10.5. The van der Waals surface area contributed by atoms with E-state index < -0.39 is 5.60 Å². The van der Waals surface area contributed by atoms with Gasteiger partial charge < -0.3 is 10.2 Å². The molecule has 2 aliphatic carbocycles. The Hall–Kier alpha value is -0.0800. The molecule has 2 N–H and O–H groups in total. The van der Waals surface area contributed by atoms with E-state index in [1.807, 2.05) is 6.92 Å². The van der Waals surface area contributed by atoms with E-state index in [2.05, 4.69) is 27.7 Å². The third-order valence-corrected chi connectivity index (χ3v) is 6.89. The first-order valence-corrected chi connectivity index (χ1v) is 9.04. The van der Waals surface area contributed by atoms with Crippen LogP contribution in [0.4, 0.5) is 0 Å². The van der Waals surface area contributed by atoms with E-state index in [1.54, 1.807) is 0 Å². The molecule has 0 aliphatic heterocycles. The number of rotatable bonds is 3. The van der Waals surface area contributed by atoms with Gasteiger partial charge in [0.15, 0.2) is 0 Å². The van der Waals surface area contributed by atoms with Crippen LogP contribution < -0.4 is 0 Å². The van der Waals surface area contributed by atoms with Crippen molar-refractivity contribution in [2.75, 3.05) is 0 Å². The van der Waals surface area contributed by atoms with E-state index in [-0.39, 0.29) is 6.10 Å². The van der Waals surface area contributed by atoms with Gasteiger partial charge in [-0.3, -0.25) is 0 Å². The Balaban J connectivity index is 1.97. The van der Waals surface area contributed by atoms with Gasteiger partial charge in [-0.25, -0.2) is 0 Å². The molecule has 3 unspecified atom stereocenters. The third-order valence-electron chi connectivity index (χ3n) is 6.89. The number of aliphatic hydroxyl groups excluding tert-OH is 1. The van der Waals surface area contributed by atoms with Crippen molar-refractivity contribution < 1.29 is 10.2 Å². The standard InChI is InChI=1S/C19H36O2/c1-13(2)16-7-6-15(12-17(16)20)18(3,4)14-8-10-19(5,21)11-9-14/h13-17,20-21H,6-12H2,1-5H3. The Kier molecular flexibility index (Phi) is 5.10. The second-order valence-electron chi connectivity index (χ2n) is 9.08. The van der Waals surface area contributed by atoms with Gasteiger partial charge in [0.05, 0.1) is 11.7 Å². The smallest absolute Gasteiger partial charge is 0.0620 e. The lowest BCUT2D eigenvalue weighted by Crippen LogP contribution is -2.43. The van der Waals surface area contributed by atoms with Crippen LogP contribution in [0, 0.1) is 29.1 Å². The second kappa shape index (κ2) is 6.20. The first-order chi connectivity index (χ1) is 9.63. The minimum absolute atomic E-state index is 0.116. The van der Waals surface area contributed by atoms with E-state index in [0.717, 1.165) is 32.1 Å². The molecule has 2 saturated carbocycles. The number of aliphatic hydroxyl groups is 2. The largest absolute Gasteiger partial charge is 0.393 e. The van der Waals surface area contributed by atoms with Gasteiger partial charge in [0.25, 0.3) is 0 Å². The molecule has 2 fully saturated rings. The molecular weight excluding hydrogens is 260 g/mol. The highest BCUT2D eigenvalue weighted by Gasteiger charge is 2.44. The van der Waals surface area contributed by atoms with E-state index in [9.17, 15) is 10.2 Å². The quantitative estimate of drug-likeness (QED) is 0.811. The molecule has 0 heterocycles. The summed E-state index contributed by atoms with van der Waals surface area (Å²) in [6, 6.07) is 0. The van der Waals surface area contributed by atoms with E-state index in [4.69, 9.17) is 0 Å². The van der Waals surface area contributed by atoms with E-state index in [1.165, 1.54) is 12.8 Å². The summed E-state index contributed by atoms with van der Waals surface area (Å²) in [5, 5.41) is 20.7. The molecule has 0 bridgehead atoms. The normalized spacial score (nSPS) is 42.3. The average molecular weight is 296 g/mol. The Morgan fingerprint density at radius 1 is 1.00 bits per heavy atom. The van der Waals surface area contributed by atoms with Crippen LogP contribution >= 0.6 is 0 Å². The fourth-order valence-electron chi connectivity index (χ4n) is 4.94. The highest BCUT2D eigenvalue weighted by Crippen LogP contribution is 2.50. The minimum atomic E-state index is -0.443. The molecule has 2 aliphatic rings. The Morgan fingerprint density at radius 2 is 1.57 bits per heavy atom. The second-order valence-corrected chi connectivity index (χ2v) is 9.08. The molecule has 0 spiro atoms. The minimum Gasteiger partial charge on any atom is -0.393 e. The summed E-state index contributed by atoms with van der Waals surface area (Å²) in [6.07, 6.45) is 7.45. The SMILES string of the molecule is CC(C)C1CCC(C(C)(C)C2CCC(C)(O)CC2)CC1O. The van der Waals surface area contributed by atoms with E-state index in [0.29, 0.717) is 29.1 Å². The van der Waals surface area contributed by atoms with Gasteiger partial charge in [0, 0.05) is 0 Å². The first-order valence-electron chi connectivity index (χ1n) is 9.04. The highest BCUT2D eigenvalue weighted by molar-refractivity contribution is 4.94. The molecule has 3 atom stereocenters. The van der Waals surface area contributed by atoms with Crippen molar-refractivity contribution in [1.82, 2.24) is 0 Å². The molecule has 2 heteroatoms. The fourth-order valence-corrected chi connectivity index (χ4v) is 4.94. The first kappa shape index (κ1) is 17.3. The van der Waals surface area contributed by atoms with Crippen molar-refractivity contribution in [3.63, 3.8) is 0 Å². The molecule has 0 aromatic carbocycles. The van der Waals surface area contributed by atoms with Crippen molar-refractivity contribution in [2.24, 2.45) is 29.1 Å². The lowest BCUT2D eigenvalue weighted by molar-refractivity contribution is -0.0562. The van der Waals surface area contributed by atoms with Gasteiger partial charge in [-0.1, -0.05) is 27.7 Å². The third kappa shape index (κ3) is 3.82. The monoisotopic (exact) mass is 296 g/mol. The van der Waals surface area contributed by atoms with Gasteiger partial charge in [0.1, 0.15) is 0 Å². The van der Waals surface area contributed by atoms with Crippen LogP contribution in [0.1, 0.15) is 79.6 Å². The summed E-state index contributed by atoms with van der Waals surface area (Å²) >= 11 is 0. The molecule has 0 radical (unpaired) electrons. The van der Waals surface area contributed by atoms with E-state index >= 15 is 0 Å². The maximum atomic E-state index is 10.5. The van der Waals surface area contributed by atoms with Crippen molar-refractivity contribution in [3.05, 3.63) is 0 Å². The van der Waals surface area contributed by atoms with Crippen LogP contribution in [-0.2, 0) is 0 Å². The van der Waals surface area contributed by atoms with Crippen molar-refractivity contribution in [3.8, 4) is 0 Å². The van der Waals surface area contributed by atoms with Gasteiger partial charge >= 0.3 is 0 Å². The zero-order chi connectivity index (χ0) is 15.8. The summed E-state index contributed by atoms with van der Waals surface area (Å²) in [5.74, 6) is 2.42. The van der Waals surface area contributed by atoms with Crippen molar-refractivity contribution in [1.29, 1.82) is 0 Å². The van der Waals surface area contributed by atoms with Crippen LogP contribution in [-0.4, -0.2) is 21.9 Å². The van der Waals surface area contributed by atoms with Gasteiger partial charge in [-0.2, -0.15) is 0 Å². The van der Waals surface area contributed by atoms with Crippen LogP contribution in [0.2, 0.25) is 0 Å². The summed E-state index contributed by atoms with van der Waals surface area (Å²) in [7, 11) is 0. The maximum Gasteiger partial charge on any atom is 0.0620 e. The molecular formula is C19H36O2.